The Morgan fingerprint density at radius 1 is 1.03 bits per heavy atom. The van der Waals surface area contributed by atoms with Gasteiger partial charge >= 0.3 is 0 Å². The molecule has 0 spiro atoms. The standard InChI is InChI=1S/C25H30N4O4S3/c1-17-15-29(16-18(2)33-17)36(31,32)20-9-7-19(8-10-20)24(30)27-11-13-28(14-12-27)25-26-23-21(34-3)5-4-6-22(23)35-25/h4-10,17-18H,11-16H2,1-3H3. The van der Waals surface area contributed by atoms with E-state index in [0.29, 0.717) is 44.8 Å². The molecular weight excluding hydrogens is 517 g/mol. The van der Waals surface area contributed by atoms with E-state index < -0.39 is 10.0 Å². The number of morpholine rings is 1. The van der Waals surface area contributed by atoms with Crippen molar-refractivity contribution in [2.75, 3.05) is 50.4 Å². The smallest absolute Gasteiger partial charge is 0.253 e. The number of benzene rings is 2. The Kier molecular flexibility index (Phi) is 7.28. The monoisotopic (exact) mass is 546 g/mol. The van der Waals surface area contributed by atoms with E-state index in [9.17, 15) is 13.2 Å². The van der Waals surface area contributed by atoms with Gasteiger partial charge in [0.25, 0.3) is 5.91 Å². The molecule has 2 atom stereocenters. The van der Waals surface area contributed by atoms with E-state index in [1.165, 1.54) is 26.0 Å². The number of hydrogen-bond donors (Lipinski definition) is 0. The predicted molar refractivity (Wildman–Crippen MR) is 145 cm³/mol. The average Bonchev–Trinajstić information content (AvgIpc) is 3.32. The third kappa shape index (κ3) is 4.99. The van der Waals surface area contributed by atoms with Crippen LogP contribution in [0.25, 0.3) is 10.2 Å². The van der Waals surface area contributed by atoms with Crippen molar-refractivity contribution in [1.82, 2.24) is 14.2 Å². The average molecular weight is 547 g/mol. The molecule has 5 rings (SSSR count). The maximum Gasteiger partial charge on any atom is 0.253 e. The predicted octanol–water partition coefficient (Wildman–Crippen LogP) is 3.78. The first-order chi connectivity index (χ1) is 17.3. The van der Waals surface area contributed by atoms with Crippen LogP contribution in [0.4, 0.5) is 5.13 Å². The lowest BCUT2D eigenvalue weighted by molar-refractivity contribution is -0.0440. The van der Waals surface area contributed by atoms with Gasteiger partial charge < -0.3 is 14.5 Å². The largest absolute Gasteiger partial charge is 0.373 e. The summed E-state index contributed by atoms with van der Waals surface area (Å²) < 4.78 is 34.5. The summed E-state index contributed by atoms with van der Waals surface area (Å²) in [5, 5.41) is 0.986. The first-order valence-electron chi connectivity index (χ1n) is 12.0. The van der Waals surface area contributed by atoms with E-state index in [-0.39, 0.29) is 23.0 Å². The lowest BCUT2D eigenvalue weighted by Gasteiger charge is -2.35. The summed E-state index contributed by atoms with van der Waals surface area (Å²) in [5.74, 6) is -0.0822. The van der Waals surface area contributed by atoms with Crippen LogP contribution in [0.1, 0.15) is 24.2 Å². The minimum absolute atomic E-state index is 0.0822. The van der Waals surface area contributed by atoms with E-state index in [1.807, 2.05) is 18.7 Å². The molecule has 0 radical (unpaired) electrons. The molecule has 1 aromatic heterocycles. The first kappa shape index (κ1) is 25.5. The van der Waals surface area contributed by atoms with Gasteiger partial charge in [-0.1, -0.05) is 17.4 Å². The van der Waals surface area contributed by atoms with Crippen LogP contribution in [0.15, 0.2) is 52.3 Å². The van der Waals surface area contributed by atoms with Gasteiger partial charge in [-0.3, -0.25) is 4.79 Å². The number of carbonyl (C=O) groups is 1. The van der Waals surface area contributed by atoms with Crippen LogP contribution < -0.4 is 4.90 Å². The number of amides is 1. The fourth-order valence-electron chi connectivity index (χ4n) is 4.74. The summed E-state index contributed by atoms with van der Waals surface area (Å²) in [5.41, 5.74) is 1.54. The van der Waals surface area contributed by atoms with Crippen LogP contribution in [0.3, 0.4) is 0 Å². The Labute approximate surface area is 220 Å². The zero-order valence-corrected chi connectivity index (χ0v) is 23.0. The van der Waals surface area contributed by atoms with E-state index in [0.717, 1.165) is 10.6 Å². The second kappa shape index (κ2) is 10.3. The Morgan fingerprint density at radius 2 is 1.69 bits per heavy atom. The quantitative estimate of drug-likeness (QED) is 0.451. The summed E-state index contributed by atoms with van der Waals surface area (Å²) in [6.07, 6.45) is 1.75. The van der Waals surface area contributed by atoms with Gasteiger partial charge in [0.05, 0.1) is 27.3 Å². The van der Waals surface area contributed by atoms with Gasteiger partial charge in [0, 0.05) is 49.7 Å². The molecule has 3 aromatic rings. The number of carbonyl (C=O) groups excluding carboxylic acids is 1. The van der Waals surface area contributed by atoms with Gasteiger partial charge in [-0.05, 0) is 56.5 Å². The number of fused-ring (bicyclic) bond motifs is 1. The maximum atomic E-state index is 13.1. The molecule has 192 valence electrons. The second-order valence-electron chi connectivity index (χ2n) is 9.19. The molecule has 2 aliphatic heterocycles. The van der Waals surface area contributed by atoms with Crippen molar-refractivity contribution >= 4 is 54.4 Å². The van der Waals surface area contributed by atoms with E-state index in [1.54, 1.807) is 35.2 Å². The third-order valence-electron chi connectivity index (χ3n) is 6.55. The minimum atomic E-state index is -3.63. The van der Waals surface area contributed by atoms with Crippen LogP contribution >= 0.6 is 23.1 Å². The molecule has 2 saturated heterocycles. The molecular formula is C25H30N4O4S3. The summed E-state index contributed by atoms with van der Waals surface area (Å²) in [6, 6.07) is 12.6. The van der Waals surface area contributed by atoms with Crippen molar-refractivity contribution in [3.05, 3.63) is 48.0 Å². The van der Waals surface area contributed by atoms with Crippen LogP contribution in [0, 0.1) is 0 Å². The van der Waals surface area contributed by atoms with Crippen LogP contribution in [0.2, 0.25) is 0 Å². The number of aromatic nitrogens is 1. The number of anilines is 1. The van der Waals surface area contributed by atoms with Gasteiger partial charge in [0.1, 0.15) is 0 Å². The molecule has 11 heteroatoms. The Bertz CT molecular complexity index is 1340. The first-order valence-corrected chi connectivity index (χ1v) is 15.5. The van der Waals surface area contributed by atoms with Crippen molar-refractivity contribution in [1.29, 1.82) is 0 Å². The normalized spacial score (nSPS) is 21.8. The van der Waals surface area contributed by atoms with E-state index >= 15 is 0 Å². The second-order valence-corrected chi connectivity index (χ2v) is 13.0. The minimum Gasteiger partial charge on any atom is -0.373 e. The molecule has 0 bridgehead atoms. The molecule has 8 nitrogen and oxygen atoms in total. The SMILES string of the molecule is CSc1cccc2sc(N3CCN(C(=O)c4ccc(S(=O)(=O)N5CC(C)OC(C)C5)cc4)CC3)nc12. The number of piperazine rings is 1. The van der Waals surface area contributed by atoms with Crippen molar-refractivity contribution < 1.29 is 17.9 Å². The summed E-state index contributed by atoms with van der Waals surface area (Å²) >= 11 is 3.38. The number of thiazole rings is 1. The van der Waals surface area contributed by atoms with Crippen LogP contribution in [-0.2, 0) is 14.8 Å². The number of sulfonamides is 1. The lowest BCUT2D eigenvalue weighted by Crippen LogP contribution is -2.48. The maximum absolute atomic E-state index is 13.1. The summed E-state index contributed by atoms with van der Waals surface area (Å²) in [6.45, 7) is 6.99. The number of ether oxygens (including phenoxy) is 1. The zero-order valence-electron chi connectivity index (χ0n) is 20.6. The zero-order chi connectivity index (χ0) is 25.4. The molecule has 3 heterocycles. The van der Waals surface area contributed by atoms with Crippen LogP contribution in [0.5, 0.6) is 0 Å². The van der Waals surface area contributed by atoms with E-state index in [4.69, 9.17) is 9.72 Å². The Balaban J connectivity index is 1.23. The van der Waals surface area contributed by atoms with Crippen molar-refractivity contribution in [3.63, 3.8) is 0 Å². The molecule has 2 aromatic carbocycles. The number of rotatable bonds is 5. The molecule has 1 amide bonds. The summed E-state index contributed by atoms with van der Waals surface area (Å²) in [4.78, 5) is 23.4. The van der Waals surface area contributed by atoms with Crippen molar-refractivity contribution in [2.24, 2.45) is 0 Å². The van der Waals surface area contributed by atoms with Gasteiger partial charge in [-0.15, -0.1) is 11.8 Å². The van der Waals surface area contributed by atoms with Gasteiger partial charge in [-0.2, -0.15) is 4.31 Å². The fraction of sp³-hybridized carbons (Fsp3) is 0.440. The highest BCUT2D eigenvalue weighted by Crippen LogP contribution is 2.34. The molecule has 0 aliphatic carbocycles. The van der Waals surface area contributed by atoms with Crippen molar-refractivity contribution in [3.8, 4) is 0 Å². The molecule has 2 aliphatic rings. The topological polar surface area (TPSA) is 83.1 Å². The molecule has 0 saturated carbocycles. The lowest BCUT2D eigenvalue weighted by atomic mass is 10.2. The molecule has 2 unspecified atom stereocenters. The molecule has 0 N–H and O–H groups in total. The van der Waals surface area contributed by atoms with Crippen LogP contribution in [-0.4, -0.2) is 86.2 Å². The Hall–Kier alpha value is -2.18. The third-order valence-corrected chi connectivity index (χ3v) is 10.2. The number of hydrogen-bond acceptors (Lipinski definition) is 8. The number of para-hydroxylation sites is 1. The van der Waals surface area contributed by atoms with Gasteiger partial charge in [0.15, 0.2) is 5.13 Å². The Morgan fingerprint density at radius 3 is 2.33 bits per heavy atom. The van der Waals surface area contributed by atoms with Crippen molar-refractivity contribution in [2.45, 2.75) is 35.8 Å². The summed E-state index contributed by atoms with van der Waals surface area (Å²) in [7, 11) is -3.63. The highest BCUT2D eigenvalue weighted by molar-refractivity contribution is 7.98. The van der Waals surface area contributed by atoms with E-state index in [2.05, 4.69) is 29.4 Å². The van der Waals surface area contributed by atoms with Gasteiger partial charge in [-0.25, -0.2) is 13.4 Å². The number of thioether (sulfide) groups is 1. The fourth-order valence-corrected chi connectivity index (χ4v) is 8.00. The van der Waals surface area contributed by atoms with Gasteiger partial charge in [0.2, 0.25) is 10.0 Å². The highest BCUT2D eigenvalue weighted by atomic mass is 32.2. The highest BCUT2D eigenvalue weighted by Gasteiger charge is 2.32. The molecule has 36 heavy (non-hydrogen) atoms. The molecule has 2 fully saturated rings. The number of nitrogens with zero attached hydrogens (tertiary/aromatic N) is 4.